The van der Waals surface area contributed by atoms with Gasteiger partial charge in [0.15, 0.2) is 0 Å². The topological polar surface area (TPSA) is 66.5 Å². The third kappa shape index (κ3) is 3.36. The van der Waals surface area contributed by atoms with Crippen molar-refractivity contribution >= 4 is 5.91 Å². The van der Waals surface area contributed by atoms with E-state index in [1.165, 1.54) is 0 Å². The van der Waals surface area contributed by atoms with Crippen molar-refractivity contribution in [3.05, 3.63) is 71.0 Å². The smallest absolute Gasteiger partial charge is 0.251 e. The highest BCUT2D eigenvalue weighted by Crippen LogP contribution is 2.39. The van der Waals surface area contributed by atoms with E-state index in [4.69, 9.17) is 15.2 Å². The summed E-state index contributed by atoms with van der Waals surface area (Å²) < 4.78 is 13.2. The van der Waals surface area contributed by atoms with Gasteiger partial charge < -0.3 is 19.8 Å². The zero-order valence-corrected chi connectivity index (χ0v) is 16.8. The molecule has 1 amide bonds. The van der Waals surface area contributed by atoms with Gasteiger partial charge in [0.1, 0.15) is 11.5 Å². The second-order valence-electron chi connectivity index (χ2n) is 6.60. The zero-order chi connectivity index (χ0) is 20.3. The Morgan fingerprint density at radius 2 is 1.61 bits per heavy atom. The normalized spacial score (nSPS) is 10.7. The number of nitrogens with two attached hydrogens (primary N) is 1. The SMILES string of the molecule is CCc1c(-c2ccccc2OC)c(C(N)=O)c(C)n1Cc1ccccc1OC. The molecule has 146 valence electrons. The number of primary amides is 1. The van der Waals surface area contributed by atoms with Crippen molar-refractivity contribution in [2.45, 2.75) is 26.8 Å². The molecule has 0 aliphatic heterocycles. The molecular weight excluding hydrogens is 352 g/mol. The molecule has 0 aliphatic carbocycles. The van der Waals surface area contributed by atoms with Crippen LogP contribution in [-0.4, -0.2) is 24.7 Å². The van der Waals surface area contributed by atoms with Crippen LogP contribution in [0.3, 0.4) is 0 Å². The number of carbonyl (C=O) groups is 1. The van der Waals surface area contributed by atoms with E-state index < -0.39 is 5.91 Å². The van der Waals surface area contributed by atoms with Gasteiger partial charge in [0.05, 0.1) is 26.3 Å². The van der Waals surface area contributed by atoms with E-state index in [9.17, 15) is 4.79 Å². The van der Waals surface area contributed by atoms with Gasteiger partial charge in [-0.25, -0.2) is 0 Å². The van der Waals surface area contributed by atoms with Gasteiger partial charge in [-0.1, -0.05) is 43.3 Å². The molecule has 2 N–H and O–H groups in total. The van der Waals surface area contributed by atoms with Crippen molar-refractivity contribution in [3.8, 4) is 22.6 Å². The minimum Gasteiger partial charge on any atom is -0.496 e. The number of carbonyl (C=O) groups excluding carboxylic acids is 1. The van der Waals surface area contributed by atoms with Crippen LogP contribution in [0.15, 0.2) is 48.5 Å². The van der Waals surface area contributed by atoms with Crippen LogP contribution < -0.4 is 15.2 Å². The first-order valence-electron chi connectivity index (χ1n) is 9.30. The maximum absolute atomic E-state index is 12.4. The van der Waals surface area contributed by atoms with Gasteiger partial charge >= 0.3 is 0 Å². The van der Waals surface area contributed by atoms with E-state index >= 15 is 0 Å². The number of hydrogen-bond donors (Lipinski definition) is 1. The van der Waals surface area contributed by atoms with E-state index in [0.29, 0.717) is 17.9 Å². The first-order chi connectivity index (χ1) is 13.5. The minimum absolute atomic E-state index is 0.438. The fourth-order valence-corrected chi connectivity index (χ4v) is 3.83. The summed E-state index contributed by atoms with van der Waals surface area (Å²) >= 11 is 0. The average Bonchev–Trinajstić information content (AvgIpc) is 2.99. The molecule has 2 aromatic carbocycles. The quantitative estimate of drug-likeness (QED) is 0.670. The number of benzene rings is 2. The molecule has 0 unspecified atom stereocenters. The standard InChI is InChI=1S/C23H26N2O3/c1-5-18-22(17-11-7-9-13-20(17)28-4)21(23(24)26)15(2)25(18)14-16-10-6-8-12-19(16)27-3/h6-13H,5,14H2,1-4H3,(H2,24,26). The van der Waals surface area contributed by atoms with Crippen molar-refractivity contribution < 1.29 is 14.3 Å². The minimum atomic E-state index is -0.438. The van der Waals surface area contributed by atoms with E-state index in [1.54, 1.807) is 14.2 Å². The van der Waals surface area contributed by atoms with Crippen molar-refractivity contribution in [2.24, 2.45) is 5.73 Å². The van der Waals surface area contributed by atoms with Crippen LogP contribution in [0.1, 0.15) is 34.2 Å². The maximum Gasteiger partial charge on any atom is 0.251 e. The average molecular weight is 378 g/mol. The van der Waals surface area contributed by atoms with Crippen molar-refractivity contribution in [1.82, 2.24) is 4.57 Å². The van der Waals surface area contributed by atoms with E-state index in [-0.39, 0.29) is 0 Å². The summed E-state index contributed by atoms with van der Waals surface area (Å²) in [5.74, 6) is 1.10. The molecule has 5 nitrogen and oxygen atoms in total. The zero-order valence-electron chi connectivity index (χ0n) is 16.8. The first kappa shape index (κ1) is 19.5. The Bertz CT molecular complexity index is 1010. The van der Waals surface area contributed by atoms with Gasteiger partial charge in [0.25, 0.3) is 5.91 Å². The van der Waals surface area contributed by atoms with E-state index in [1.807, 2.05) is 55.5 Å². The second kappa shape index (κ2) is 8.21. The van der Waals surface area contributed by atoms with Gasteiger partial charge in [0.2, 0.25) is 0 Å². The van der Waals surface area contributed by atoms with Gasteiger partial charge in [-0.15, -0.1) is 0 Å². The molecule has 0 bridgehead atoms. The summed E-state index contributed by atoms with van der Waals surface area (Å²) in [4.78, 5) is 12.4. The van der Waals surface area contributed by atoms with Gasteiger partial charge in [0, 0.05) is 28.1 Å². The number of methoxy groups -OCH3 is 2. The molecule has 1 heterocycles. The van der Waals surface area contributed by atoms with Gasteiger partial charge in [-0.3, -0.25) is 4.79 Å². The Morgan fingerprint density at radius 3 is 2.21 bits per heavy atom. The maximum atomic E-state index is 12.4. The highest BCUT2D eigenvalue weighted by Gasteiger charge is 2.26. The number of aromatic nitrogens is 1. The van der Waals surface area contributed by atoms with E-state index in [0.717, 1.165) is 40.2 Å². The molecule has 3 rings (SSSR count). The third-order valence-electron chi connectivity index (χ3n) is 5.11. The Hall–Kier alpha value is -3.21. The lowest BCUT2D eigenvalue weighted by molar-refractivity contribution is 0.1000. The Kier molecular flexibility index (Phi) is 5.73. The van der Waals surface area contributed by atoms with Crippen molar-refractivity contribution in [2.75, 3.05) is 14.2 Å². The molecule has 28 heavy (non-hydrogen) atoms. The summed E-state index contributed by atoms with van der Waals surface area (Å²) in [5.41, 5.74) is 11.0. The molecule has 0 aliphatic rings. The number of hydrogen-bond acceptors (Lipinski definition) is 3. The summed E-state index contributed by atoms with van der Waals surface area (Å²) in [5, 5.41) is 0. The van der Waals surface area contributed by atoms with Crippen LogP contribution in [0.4, 0.5) is 0 Å². The Balaban J connectivity index is 2.27. The summed E-state index contributed by atoms with van der Waals surface area (Å²) in [7, 11) is 3.30. The molecule has 0 radical (unpaired) electrons. The summed E-state index contributed by atoms with van der Waals surface area (Å²) in [6.07, 6.45) is 0.747. The van der Waals surface area contributed by atoms with Crippen LogP contribution in [0.25, 0.3) is 11.1 Å². The molecule has 0 spiro atoms. The monoisotopic (exact) mass is 378 g/mol. The highest BCUT2D eigenvalue weighted by molar-refractivity contribution is 6.03. The van der Waals surface area contributed by atoms with Crippen LogP contribution in [0.5, 0.6) is 11.5 Å². The number of ether oxygens (including phenoxy) is 2. The lowest BCUT2D eigenvalue weighted by atomic mass is 9.98. The third-order valence-corrected chi connectivity index (χ3v) is 5.11. The van der Waals surface area contributed by atoms with Crippen molar-refractivity contribution in [3.63, 3.8) is 0 Å². The predicted molar refractivity (Wildman–Crippen MR) is 111 cm³/mol. The number of amides is 1. The van der Waals surface area contributed by atoms with Crippen LogP contribution in [-0.2, 0) is 13.0 Å². The lowest BCUT2D eigenvalue weighted by Gasteiger charge is -2.15. The molecule has 1 aromatic heterocycles. The fraction of sp³-hybridized carbons (Fsp3) is 0.261. The Labute approximate surface area is 165 Å². The Morgan fingerprint density at radius 1 is 1.00 bits per heavy atom. The highest BCUT2D eigenvalue weighted by atomic mass is 16.5. The molecule has 5 heteroatoms. The molecule has 0 saturated heterocycles. The van der Waals surface area contributed by atoms with Crippen LogP contribution >= 0.6 is 0 Å². The number of para-hydroxylation sites is 2. The molecule has 0 saturated carbocycles. The fourth-order valence-electron chi connectivity index (χ4n) is 3.83. The van der Waals surface area contributed by atoms with Gasteiger partial charge in [-0.2, -0.15) is 0 Å². The first-order valence-corrected chi connectivity index (χ1v) is 9.30. The number of nitrogens with zero attached hydrogens (tertiary/aromatic N) is 1. The largest absolute Gasteiger partial charge is 0.496 e. The van der Waals surface area contributed by atoms with Crippen LogP contribution in [0.2, 0.25) is 0 Å². The lowest BCUT2D eigenvalue weighted by Crippen LogP contribution is -2.14. The van der Waals surface area contributed by atoms with Gasteiger partial charge in [-0.05, 0) is 25.5 Å². The molecular formula is C23H26N2O3. The number of rotatable bonds is 7. The van der Waals surface area contributed by atoms with Crippen LogP contribution in [0, 0.1) is 6.92 Å². The predicted octanol–water partition coefficient (Wildman–Crippen LogP) is 4.19. The van der Waals surface area contributed by atoms with Crippen molar-refractivity contribution in [1.29, 1.82) is 0 Å². The molecule has 0 fully saturated rings. The summed E-state index contributed by atoms with van der Waals surface area (Å²) in [6, 6.07) is 15.6. The van der Waals surface area contributed by atoms with E-state index in [2.05, 4.69) is 11.5 Å². The molecule has 0 atom stereocenters. The molecule has 3 aromatic rings. The summed E-state index contributed by atoms with van der Waals surface area (Å²) in [6.45, 7) is 4.61. The second-order valence-corrected chi connectivity index (χ2v) is 6.60.